The van der Waals surface area contributed by atoms with Crippen molar-refractivity contribution in [3.8, 4) is 11.1 Å². The lowest BCUT2D eigenvalue weighted by molar-refractivity contribution is -0.144. The molecule has 0 bridgehead atoms. The maximum Gasteiger partial charge on any atom is 0.416 e. The monoisotopic (exact) mass is 506 g/mol. The topological polar surface area (TPSA) is 137 Å². The number of nitrogens with two attached hydrogens (primary N) is 1. The molecule has 1 aliphatic rings. The van der Waals surface area contributed by atoms with Crippen LogP contribution in [0.2, 0.25) is 0 Å². The molecule has 0 saturated carbocycles. The number of nitrogen functional groups attached to an aromatic ring is 1. The average Bonchev–Trinajstić information content (AvgIpc) is 2.77. The van der Waals surface area contributed by atoms with E-state index in [2.05, 4.69) is 4.98 Å². The van der Waals surface area contributed by atoms with E-state index in [0.717, 1.165) is 22.1 Å². The zero-order chi connectivity index (χ0) is 26.3. The molecule has 3 rings (SSSR count). The molecule has 0 spiro atoms. The Morgan fingerprint density at radius 3 is 1.97 bits per heavy atom. The quantitative estimate of drug-likeness (QED) is 0.544. The van der Waals surface area contributed by atoms with Gasteiger partial charge in [0.25, 0.3) is 5.91 Å². The van der Waals surface area contributed by atoms with Crippen LogP contribution in [0.5, 0.6) is 0 Å². The van der Waals surface area contributed by atoms with Crippen molar-refractivity contribution >= 4 is 23.8 Å². The first-order valence-electron chi connectivity index (χ1n) is 9.66. The molecular formula is C20H16F6N4O5. The Kier molecular flexibility index (Phi) is 6.55. The summed E-state index contributed by atoms with van der Waals surface area (Å²) in [4.78, 5) is 41.1. The summed E-state index contributed by atoms with van der Waals surface area (Å²) in [6.07, 6.45) is -10.7. The van der Waals surface area contributed by atoms with Gasteiger partial charge in [-0.05, 0) is 29.8 Å². The Labute approximate surface area is 192 Å². The second kappa shape index (κ2) is 8.96. The standard InChI is InChI=1S/C20H16F6N4O5/c21-19(22,23)11-3-9(4-12(6-11)20(24,25)26)10-5-13(15(27)28-7-10)16(31)30-2-1-29(18(34)35)8-14(30)17(32)33/h3-7,14H,1-2,8H2,(H2,27,28)(H,32,33)(H,34,35). The van der Waals surface area contributed by atoms with Crippen molar-refractivity contribution in [1.29, 1.82) is 0 Å². The van der Waals surface area contributed by atoms with Crippen molar-refractivity contribution in [2.45, 2.75) is 18.4 Å². The van der Waals surface area contributed by atoms with Crippen LogP contribution < -0.4 is 5.73 Å². The zero-order valence-electron chi connectivity index (χ0n) is 17.4. The molecule has 2 heterocycles. The van der Waals surface area contributed by atoms with E-state index in [0.29, 0.717) is 12.1 Å². The molecule has 1 aliphatic heterocycles. The fourth-order valence-electron chi connectivity index (χ4n) is 3.49. The second-order valence-electron chi connectivity index (χ2n) is 7.53. The van der Waals surface area contributed by atoms with Gasteiger partial charge in [0.2, 0.25) is 0 Å². The minimum absolute atomic E-state index is 0.0559. The first kappa shape index (κ1) is 25.6. The first-order chi connectivity index (χ1) is 16.1. The maximum absolute atomic E-state index is 13.2. The summed E-state index contributed by atoms with van der Waals surface area (Å²) in [6.45, 7) is -1.15. The molecule has 0 aliphatic carbocycles. The van der Waals surface area contributed by atoms with Gasteiger partial charge >= 0.3 is 24.4 Å². The van der Waals surface area contributed by atoms with Gasteiger partial charge in [-0.25, -0.2) is 14.6 Å². The van der Waals surface area contributed by atoms with Crippen LogP contribution in [0.15, 0.2) is 30.5 Å². The average molecular weight is 506 g/mol. The SMILES string of the molecule is Nc1ncc(-c2cc(C(F)(F)F)cc(C(F)(F)F)c2)cc1C(=O)N1CCN(C(=O)O)CC1C(=O)O. The summed E-state index contributed by atoms with van der Waals surface area (Å²) in [5, 5.41) is 18.5. The molecule has 1 saturated heterocycles. The molecule has 1 aromatic carbocycles. The van der Waals surface area contributed by atoms with E-state index in [-0.39, 0.29) is 24.7 Å². The predicted molar refractivity (Wildman–Crippen MR) is 106 cm³/mol. The van der Waals surface area contributed by atoms with E-state index in [4.69, 9.17) is 10.8 Å². The van der Waals surface area contributed by atoms with Crippen molar-refractivity contribution in [1.82, 2.24) is 14.8 Å². The molecular weight excluding hydrogens is 490 g/mol. The van der Waals surface area contributed by atoms with E-state index in [1.807, 2.05) is 0 Å². The highest BCUT2D eigenvalue weighted by molar-refractivity contribution is 6.01. The number of aromatic nitrogens is 1. The number of halogens is 6. The highest BCUT2D eigenvalue weighted by Crippen LogP contribution is 2.39. The summed E-state index contributed by atoms with van der Waals surface area (Å²) in [7, 11) is 0. The molecule has 0 radical (unpaired) electrons. The lowest BCUT2D eigenvalue weighted by Crippen LogP contribution is -2.59. The lowest BCUT2D eigenvalue weighted by Gasteiger charge is -2.38. The predicted octanol–water partition coefficient (Wildman–Crippen LogP) is 3.26. The number of amides is 2. The normalized spacial score (nSPS) is 16.8. The van der Waals surface area contributed by atoms with Crippen molar-refractivity contribution in [3.05, 3.63) is 47.2 Å². The van der Waals surface area contributed by atoms with Crippen molar-refractivity contribution in [2.24, 2.45) is 0 Å². The summed E-state index contributed by atoms with van der Waals surface area (Å²) in [6, 6.07) is 0.133. The number of hydrogen-bond acceptors (Lipinski definition) is 5. The Balaban J connectivity index is 2.06. The first-order valence-corrected chi connectivity index (χ1v) is 9.66. The van der Waals surface area contributed by atoms with Gasteiger partial charge in [-0.3, -0.25) is 4.79 Å². The number of rotatable bonds is 3. The van der Waals surface area contributed by atoms with E-state index >= 15 is 0 Å². The molecule has 2 amide bonds. The smallest absolute Gasteiger partial charge is 0.416 e. The molecule has 1 unspecified atom stereocenters. The lowest BCUT2D eigenvalue weighted by atomic mass is 9.98. The summed E-state index contributed by atoms with van der Waals surface area (Å²) >= 11 is 0. The van der Waals surface area contributed by atoms with Gasteiger partial charge in [0.05, 0.1) is 23.2 Å². The number of nitrogens with zero attached hydrogens (tertiary/aromatic N) is 3. The highest BCUT2D eigenvalue weighted by atomic mass is 19.4. The minimum Gasteiger partial charge on any atom is -0.480 e. The summed E-state index contributed by atoms with van der Waals surface area (Å²) in [5.74, 6) is -3.01. The Bertz CT molecular complexity index is 1150. The molecule has 15 heteroatoms. The number of aliphatic carboxylic acids is 1. The number of anilines is 1. The van der Waals surface area contributed by atoms with Crippen LogP contribution in [0.3, 0.4) is 0 Å². The fourth-order valence-corrected chi connectivity index (χ4v) is 3.49. The van der Waals surface area contributed by atoms with Gasteiger partial charge in [-0.1, -0.05) is 0 Å². The molecule has 1 fully saturated rings. The molecule has 35 heavy (non-hydrogen) atoms. The number of piperazine rings is 1. The number of carbonyl (C=O) groups excluding carboxylic acids is 1. The molecule has 1 aromatic heterocycles. The molecule has 188 valence electrons. The van der Waals surface area contributed by atoms with Gasteiger partial charge in [0.1, 0.15) is 11.9 Å². The zero-order valence-corrected chi connectivity index (χ0v) is 17.4. The number of carboxylic acid groups (broad SMARTS) is 2. The van der Waals surface area contributed by atoms with Gasteiger partial charge in [0, 0.05) is 24.8 Å². The van der Waals surface area contributed by atoms with Crippen LogP contribution >= 0.6 is 0 Å². The highest BCUT2D eigenvalue weighted by Gasteiger charge is 2.39. The minimum atomic E-state index is -5.10. The van der Waals surface area contributed by atoms with E-state index < -0.39 is 71.0 Å². The third-order valence-electron chi connectivity index (χ3n) is 5.27. The van der Waals surface area contributed by atoms with Crippen molar-refractivity contribution in [2.75, 3.05) is 25.4 Å². The maximum atomic E-state index is 13.2. The van der Waals surface area contributed by atoms with Crippen molar-refractivity contribution < 1.29 is 50.9 Å². The van der Waals surface area contributed by atoms with Crippen LogP contribution in [0.1, 0.15) is 21.5 Å². The summed E-state index contributed by atoms with van der Waals surface area (Å²) in [5.41, 5.74) is 1.20. The number of carbonyl (C=O) groups is 3. The van der Waals surface area contributed by atoms with Gasteiger partial charge in [0.15, 0.2) is 0 Å². The van der Waals surface area contributed by atoms with E-state index in [1.165, 1.54) is 0 Å². The number of alkyl halides is 6. The van der Waals surface area contributed by atoms with Crippen LogP contribution in [-0.2, 0) is 17.1 Å². The molecule has 2 aromatic rings. The largest absolute Gasteiger partial charge is 0.480 e. The van der Waals surface area contributed by atoms with Crippen LogP contribution in [0, 0.1) is 0 Å². The Hall–Kier alpha value is -4.04. The van der Waals surface area contributed by atoms with Crippen molar-refractivity contribution in [3.63, 3.8) is 0 Å². The number of pyridine rings is 1. The van der Waals surface area contributed by atoms with Gasteiger partial charge < -0.3 is 25.7 Å². The third-order valence-corrected chi connectivity index (χ3v) is 5.27. The number of carboxylic acids is 1. The Morgan fingerprint density at radius 2 is 1.49 bits per heavy atom. The number of hydrogen-bond donors (Lipinski definition) is 3. The molecule has 4 N–H and O–H groups in total. The molecule has 9 nitrogen and oxygen atoms in total. The van der Waals surface area contributed by atoms with Crippen LogP contribution in [0.4, 0.5) is 37.0 Å². The second-order valence-corrected chi connectivity index (χ2v) is 7.53. The fraction of sp³-hybridized carbons (Fsp3) is 0.300. The number of benzene rings is 1. The van der Waals surface area contributed by atoms with Gasteiger partial charge in [-0.15, -0.1) is 0 Å². The molecule has 1 atom stereocenters. The van der Waals surface area contributed by atoms with E-state index in [9.17, 15) is 45.8 Å². The van der Waals surface area contributed by atoms with Gasteiger partial charge in [-0.2, -0.15) is 26.3 Å². The third kappa shape index (κ3) is 5.38. The Morgan fingerprint density at radius 1 is 0.914 bits per heavy atom. The van der Waals surface area contributed by atoms with Crippen LogP contribution in [0.25, 0.3) is 11.1 Å². The van der Waals surface area contributed by atoms with Crippen LogP contribution in [-0.4, -0.2) is 68.6 Å². The summed E-state index contributed by atoms with van der Waals surface area (Å²) < 4.78 is 79.2. The van der Waals surface area contributed by atoms with E-state index in [1.54, 1.807) is 0 Å².